The lowest BCUT2D eigenvalue weighted by Gasteiger charge is -2.37. The van der Waals surface area contributed by atoms with E-state index in [0.29, 0.717) is 10.6 Å². The second-order valence-electron chi connectivity index (χ2n) is 4.74. The van der Waals surface area contributed by atoms with Gasteiger partial charge in [-0.15, -0.1) is 0 Å². The highest BCUT2D eigenvalue weighted by atomic mass is 79.9. The fourth-order valence-electron chi connectivity index (χ4n) is 2.29. The third-order valence-electron chi connectivity index (χ3n) is 3.56. The molecule has 0 aliphatic carbocycles. The van der Waals surface area contributed by atoms with E-state index in [1.165, 1.54) is 0 Å². The Bertz CT molecular complexity index is 626. The lowest BCUT2D eigenvalue weighted by atomic mass is 9.96. The maximum Gasteiger partial charge on any atom is 0.325 e. The fraction of sp³-hybridized carbons (Fsp3) is 0.545. The van der Waals surface area contributed by atoms with Crippen LogP contribution in [0.15, 0.2) is 16.9 Å². The van der Waals surface area contributed by atoms with Crippen LogP contribution in [0.4, 0.5) is 5.95 Å². The molecule has 1 N–H and O–H groups in total. The van der Waals surface area contributed by atoms with Gasteiger partial charge >= 0.3 is 5.97 Å². The molecule has 0 aromatic carbocycles. The maximum absolute atomic E-state index is 11.8. The van der Waals surface area contributed by atoms with Gasteiger partial charge in [-0.3, -0.25) is 4.79 Å². The largest absolute Gasteiger partial charge is 0.480 e. The molecular weight excluding hydrogens is 350 g/mol. The molecule has 1 aromatic heterocycles. The zero-order valence-electron chi connectivity index (χ0n) is 10.8. The Labute approximate surface area is 125 Å². The quantitative estimate of drug-likeness (QED) is 0.789. The van der Waals surface area contributed by atoms with Crippen molar-refractivity contribution in [2.24, 2.45) is 0 Å². The first kappa shape index (κ1) is 15.2. The maximum atomic E-state index is 11.8. The first-order valence-electron chi connectivity index (χ1n) is 5.93. The number of carboxylic acids is 1. The van der Waals surface area contributed by atoms with Crippen molar-refractivity contribution in [3.8, 4) is 0 Å². The molecule has 0 radical (unpaired) electrons. The Kier molecular flexibility index (Phi) is 4.01. The number of halogens is 1. The second-order valence-corrected chi connectivity index (χ2v) is 7.88. The SMILES string of the molecule is CS(=O)(=O)C1(C(=O)O)CCN(c2nccc(Br)n2)CC1. The summed E-state index contributed by atoms with van der Waals surface area (Å²) < 4.78 is 22.5. The highest BCUT2D eigenvalue weighted by molar-refractivity contribution is 9.10. The van der Waals surface area contributed by atoms with Gasteiger partial charge in [-0.05, 0) is 34.8 Å². The normalized spacial score (nSPS) is 18.8. The van der Waals surface area contributed by atoms with Gasteiger partial charge in [0.2, 0.25) is 5.95 Å². The van der Waals surface area contributed by atoms with E-state index in [1.54, 1.807) is 17.2 Å². The number of nitrogens with zero attached hydrogens (tertiary/aromatic N) is 3. The zero-order valence-corrected chi connectivity index (χ0v) is 13.2. The molecule has 1 aliphatic rings. The zero-order chi connectivity index (χ0) is 15.0. The van der Waals surface area contributed by atoms with Gasteiger partial charge in [-0.1, -0.05) is 0 Å². The fourth-order valence-corrected chi connectivity index (χ4v) is 3.81. The predicted molar refractivity (Wildman–Crippen MR) is 76.4 cm³/mol. The van der Waals surface area contributed by atoms with E-state index in [1.807, 2.05) is 0 Å². The van der Waals surface area contributed by atoms with Crippen LogP contribution in [-0.4, -0.2) is 53.6 Å². The summed E-state index contributed by atoms with van der Waals surface area (Å²) in [7, 11) is -3.68. The summed E-state index contributed by atoms with van der Waals surface area (Å²) in [6.45, 7) is 0.575. The molecule has 20 heavy (non-hydrogen) atoms. The minimum atomic E-state index is -3.68. The Hall–Kier alpha value is -1.22. The lowest BCUT2D eigenvalue weighted by molar-refractivity contribution is -0.140. The molecule has 2 rings (SSSR count). The minimum absolute atomic E-state index is 0.0248. The third-order valence-corrected chi connectivity index (χ3v) is 6.01. The summed E-state index contributed by atoms with van der Waals surface area (Å²) >= 11 is 3.24. The number of carbonyl (C=O) groups is 1. The Morgan fingerprint density at radius 1 is 1.45 bits per heavy atom. The van der Waals surface area contributed by atoms with Crippen molar-refractivity contribution in [2.45, 2.75) is 17.6 Å². The third kappa shape index (κ3) is 2.64. The number of piperidine rings is 1. The summed E-state index contributed by atoms with van der Waals surface area (Å²) in [6, 6.07) is 1.69. The molecule has 1 saturated heterocycles. The summed E-state index contributed by atoms with van der Waals surface area (Å²) in [5, 5.41) is 9.29. The topological polar surface area (TPSA) is 100 Å². The van der Waals surface area contributed by atoms with Crippen molar-refractivity contribution in [3.63, 3.8) is 0 Å². The van der Waals surface area contributed by atoms with Crippen molar-refractivity contribution in [3.05, 3.63) is 16.9 Å². The van der Waals surface area contributed by atoms with Crippen LogP contribution >= 0.6 is 15.9 Å². The van der Waals surface area contributed by atoms with Crippen LogP contribution in [-0.2, 0) is 14.6 Å². The van der Waals surface area contributed by atoms with Crippen molar-refractivity contribution in [1.82, 2.24) is 9.97 Å². The van der Waals surface area contributed by atoms with Crippen LogP contribution in [0.1, 0.15) is 12.8 Å². The monoisotopic (exact) mass is 363 g/mol. The Balaban J connectivity index is 2.22. The molecule has 0 amide bonds. The average Bonchev–Trinajstić information content (AvgIpc) is 2.37. The highest BCUT2D eigenvalue weighted by Crippen LogP contribution is 2.32. The van der Waals surface area contributed by atoms with Crippen molar-refractivity contribution in [2.75, 3.05) is 24.2 Å². The highest BCUT2D eigenvalue weighted by Gasteiger charge is 2.50. The number of sulfone groups is 1. The number of rotatable bonds is 3. The van der Waals surface area contributed by atoms with E-state index in [0.717, 1.165) is 6.26 Å². The Morgan fingerprint density at radius 3 is 2.50 bits per heavy atom. The molecule has 1 aliphatic heterocycles. The summed E-state index contributed by atoms with van der Waals surface area (Å²) in [6.07, 6.45) is 2.61. The van der Waals surface area contributed by atoms with Gasteiger partial charge < -0.3 is 10.0 Å². The molecule has 2 heterocycles. The molecule has 1 aromatic rings. The molecular formula is C11H14BrN3O4S. The van der Waals surface area contributed by atoms with Gasteiger partial charge in [-0.2, -0.15) is 0 Å². The van der Waals surface area contributed by atoms with Crippen molar-refractivity contribution < 1.29 is 18.3 Å². The van der Waals surface area contributed by atoms with E-state index in [9.17, 15) is 18.3 Å². The van der Waals surface area contributed by atoms with E-state index in [-0.39, 0.29) is 25.9 Å². The van der Waals surface area contributed by atoms with Crippen LogP contribution in [0, 0.1) is 0 Å². The standard InChI is InChI=1S/C11H14BrN3O4S/c1-20(18,19)11(9(16)17)3-6-15(7-4-11)10-13-5-2-8(12)14-10/h2,5H,3-4,6-7H2,1H3,(H,16,17). The van der Waals surface area contributed by atoms with Crippen LogP contribution in [0.5, 0.6) is 0 Å². The van der Waals surface area contributed by atoms with Crippen molar-refractivity contribution in [1.29, 1.82) is 0 Å². The summed E-state index contributed by atoms with van der Waals surface area (Å²) in [5.41, 5.74) is 0. The van der Waals surface area contributed by atoms with E-state index in [4.69, 9.17) is 0 Å². The number of hydrogen-bond acceptors (Lipinski definition) is 6. The van der Waals surface area contributed by atoms with Gasteiger partial charge in [-0.25, -0.2) is 18.4 Å². The minimum Gasteiger partial charge on any atom is -0.480 e. The molecule has 9 heteroatoms. The molecule has 7 nitrogen and oxygen atoms in total. The number of anilines is 1. The van der Waals surface area contributed by atoms with Gasteiger partial charge in [0.15, 0.2) is 14.6 Å². The smallest absolute Gasteiger partial charge is 0.325 e. The molecule has 0 saturated carbocycles. The second kappa shape index (κ2) is 5.28. The van der Waals surface area contributed by atoms with Crippen molar-refractivity contribution >= 4 is 37.7 Å². The number of aromatic nitrogens is 2. The molecule has 1 fully saturated rings. The number of aliphatic carboxylic acids is 1. The van der Waals surface area contributed by atoms with E-state index in [2.05, 4.69) is 25.9 Å². The summed E-state index contributed by atoms with van der Waals surface area (Å²) in [5.74, 6) is -0.818. The van der Waals surface area contributed by atoms with E-state index >= 15 is 0 Å². The first-order valence-corrected chi connectivity index (χ1v) is 8.61. The van der Waals surface area contributed by atoms with Gasteiger partial charge in [0, 0.05) is 25.5 Å². The lowest BCUT2D eigenvalue weighted by Crippen LogP contribution is -2.54. The van der Waals surface area contributed by atoms with Gasteiger partial charge in [0.1, 0.15) is 4.60 Å². The predicted octanol–water partition coefficient (Wildman–Crippen LogP) is 0.707. The Morgan fingerprint density at radius 2 is 2.05 bits per heavy atom. The van der Waals surface area contributed by atoms with Crippen LogP contribution in [0.25, 0.3) is 0 Å². The van der Waals surface area contributed by atoms with E-state index < -0.39 is 20.6 Å². The van der Waals surface area contributed by atoms with Gasteiger partial charge in [0.05, 0.1) is 0 Å². The molecule has 110 valence electrons. The number of hydrogen-bond donors (Lipinski definition) is 1. The summed E-state index contributed by atoms with van der Waals surface area (Å²) in [4.78, 5) is 21.5. The first-order chi connectivity index (χ1) is 9.26. The molecule has 0 unspecified atom stereocenters. The van der Waals surface area contributed by atoms with Crippen LogP contribution < -0.4 is 4.90 Å². The average molecular weight is 364 g/mol. The number of carboxylic acid groups (broad SMARTS) is 1. The molecule has 0 spiro atoms. The van der Waals surface area contributed by atoms with Gasteiger partial charge in [0.25, 0.3) is 0 Å². The molecule has 0 bridgehead atoms. The van der Waals surface area contributed by atoms with Crippen LogP contribution in [0.2, 0.25) is 0 Å². The van der Waals surface area contributed by atoms with Crippen LogP contribution in [0.3, 0.4) is 0 Å². The molecule has 0 atom stereocenters.